The van der Waals surface area contributed by atoms with Gasteiger partial charge in [-0.1, -0.05) is 11.2 Å². The highest BCUT2D eigenvalue weighted by Gasteiger charge is 2.59. The highest BCUT2D eigenvalue weighted by Crippen LogP contribution is 2.49. The van der Waals surface area contributed by atoms with Crippen LogP contribution in [-0.2, 0) is 38.2 Å². The molecule has 12 heteroatoms. The third kappa shape index (κ3) is 5.76. The van der Waals surface area contributed by atoms with Crippen molar-refractivity contribution in [2.45, 2.75) is 77.0 Å². The summed E-state index contributed by atoms with van der Waals surface area (Å²) in [5, 5.41) is 25.6. The number of hydrogen-bond acceptors (Lipinski definition) is 11. The van der Waals surface area contributed by atoms with E-state index in [2.05, 4.69) is 5.16 Å². The fraction of sp³-hybridized carbons (Fsp3) is 0.731. The Labute approximate surface area is 220 Å². The van der Waals surface area contributed by atoms with E-state index in [-0.39, 0.29) is 43.9 Å². The van der Waals surface area contributed by atoms with Gasteiger partial charge in [-0.3, -0.25) is 24.1 Å². The van der Waals surface area contributed by atoms with Gasteiger partial charge in [-0.05, 0) is 25.8 Å². The Morgan fingerprint density at radius 1 is 1.11 bits per heavy atom. The second-order valence-electron chi connectivity index (χ2n) is 10.3. The van der Waals surface area contributed by atoms with Crippen LogP contribution in [0, 0.1) is 23.7 Å². The number of hydrogen-bond donors (Lipinski definition) is 2. The lowest BCUT2D eigenvalue weighted by atomic mass is 9.60. The standard InChI is InChI=1S/C26H36N2O10/c1-4-28-25(33)17-7-6-16-18(11-19(31)24(32)22(16)23(17)26(28)34)27-36-10-9-15-5-8-20(37-14(3)30)21(38-15)12-35-13(2)29/h5,8,15-17,19-24,31-32H,4,6-7,9-12H2,1-3H3/t15-,16-,17+,19+,20-,21+,22-,23-,24+/m0/s1. The van der Waals surface area contributed by atoms with Gasteiger partial charge in [0.05, 0.1) is 35.9 Å². The van der Waals surface area contributed by atoms with Crippen LogP contribution in [-0.4, -0.2) is 94.9 Å². The van der Waals surface area contributed by atoms with Gasteiger partial charge >= 0.3 is 11.9 Å². The third-order valence-corrected chi connectivity index (χ3v) is 7.85. The smallest absolute Gasteiger partial charge is 0.303 e. The maximum absolute atomic E-state index is 13.0. The maximum atomic E-state index is 13.0. The van der Waals surface area contributed by atoms with Crippen LogP contribution in [0.25, 0.3) is 0 Å². The first-order chi connectivity index (χ1) is 18.1. The number of carbonyl (C=O) groups is 4. The minimum Gasteiger partial charge on any atom is -0.463 e. The maximum Gasteiger partial charge on any atom is 0.303 e. The van der Waals surface area contributed by atoms with Crippen molar-refractivity contribution in [3.8, 4) is 0 Å². The Kier molecular flexibility index (Phi) is 8.84. The van der Waals surface area contributed by atoms with Crippen molar-refractivity contribution in [3.63, 3.8) is 0 Å². The molecule has 12 nitrogen and oxygen atoms in total. The van der Waals surface area contributed by atoms with Gasteiger partial charge in [0.2, 0.25) is 11.8 Å². The second-order valence-corrected chi connectivity index (χ2v) is 10.3. The van der Waals surface area contributed by atoms with Crippen molar-refractivity contribution in [1.82, 2.24) is 4.90 Å². The van der Waals surface area contributed by atoms with Crippen molar-refractivity contribution in [2.75, 3.05) is 19.8 Å². The number of imide groups is 1. The second kappa shape index (κ2) is 11.9. The summed E-state index contributed by atoms with van der Waals surface area (Å²) in [6.07, 6.45) is 1.07. The topological polar surface area (TPSA) is 161 Å². The number of ether oxygens (including phenoxy) is 3. The summed E-state index contributed by atoms with van der Waals surface area (Å²) in [5.74, 6) is -3.46. The number of oxime groups is 1. The van der Waals surface area contributed by atoms with Gasteiger partial charge in [0.25, 0.3) is 0 Å². The molecule has 0 bridgehead atoms. The van der Waals surface area contributed by atoms with E-state index in [0.717, 1.165) is 0 Å². The predicted octanol–water partition coefficient (Wildman–Crippen LogP) is 0.340. The number of nitrogens with zero attached hydrogens (tertiary/aromatic N) is 2. The zero-order valence-electron chi connectivity index (χ0n) is 21.9. The molecule has 0 unspecified atom stereocenters. The van der Waals surface area contributed by atoms with Crippen LogP contribution >= 0.6 is 0 Å². The van der Waals surface area contributed by atoms with Gasteiger partial charge in [0, 0.05) is 45.1 Å². The van der Waals surface area contributed by atoms with Crippen LogP contribution in [0.5, 0.6) is 0 Å². The van der Waals surface area contributed by atoms with Crippen LogP contribution in [0.3, 0.4) is 0 Å². The van der Waals surface area contributed by atoms with E-state index >= 15 is 0 Å². The fourth-order valence-electron chi connectivity index (χ4n) is 6.16. The summed E-state index contributed by atoms with van der Waals surface area (Å²) in [7, 11) is 0. The van der Waals surface area contributed by atoms with E-state index in [1.807, 2.05) is 0 Å². The van der Waals surface area contributed by atoms with Gasteiger partial charge in [-0.15, -0.1) is 0 Å². The first kappa shape index (κ1) is 28.2. The Balaban J connectivity index is 1.38. The zero-order valence-corrected chi connectivity index (χ0v) is 21.9. The van der Waals surface area contributed by atoms with Gasteiger partial charge in [0.1, 0.15) is 25.4 Å². The minimum absolute atomic E-state index is 0.0700. The van der Waals surface area contributed by atoms with E-state index in [9.17, 15) is 29.4 Å². The van der Waals surface area contributed by atoms with Crippen molar-refractivity contribution in [3.05, 3.63) is 12.2 Å². The molecule has 4 aliphatic rings. The summed E-state index contributed by atoms with van der Waals surface area (Å²) in [4.78, 5) is 55.1. The normalized spacial score (nSPS) is 37.6. The average Bonchev–Trinajstić information content (AvgIpc) is 3.12. The van der Waals surface area contributed by atoms with Crippen LogP contribution in [0.2, 0.25) is 0 Å². The first-order valence-electron chi connectivity index (χ1n) is 13.2. The van der Waals surface area contributed by atoms with Gasteiger partial charge in [0.15, 0.2) is 0 Å². The molecule has 2 saturated carbocycles. The van der Waals surface area contributed by atoms with E-state index < -0.39 is 60.2 Å². The van der Waals surface area contributed by atoms with E-state index in [1.165, 1.54) is 18.7 Å². The molecule has 2 heterocycles. The molecular formula is C26H36N2O10. The SMILES string of the molecule is CCN1C(=O)[C@@H]2[C@H]3[C@H](O)[C@H](O)CC(=NOCC[C@@H]4C=C[C@H](OC(C)=O)[C@@H](COC(C)=O)O4)[C@@H]3CC[C@H]2C1=O. The van der Waals surface area contributed by atoms with Crippen LogP contribution in [0.1, 0.15) is 46.5 Å². The number of esters is 2. The molecule has 0 radical (unpaired) electrons. The number of amides is 2. The first-order valence-corrected chi connectivity index (χ1v) is 13.2. The van der Waals surface area contributed by atoms with Crippen molar-refractivity contribution < 1.29 is 48.4 Å². The summed E-state index contributed by atoms with van der Waals surface area (Å²) in [5.41, 5.74) is 0.573. The summed E-state index contributed by atoms with van der Waals surface area (Å²) >= 11 is 0. The van der Waals surface area contributed by atoms with Crippen LogP contribution in [0.15, 0.2) is 17.3 Å². The van der Waals surface area contributed by atoms with E-state index in [0.29, 0.717) is 25.0 Å². The summed E-state index contributed by atoms with van der Waals surface area (Å²) < 4.78 is 16.2. The van der Waals surface area contributed by atoms with Crippen molar-refractivity contribution in [2.24, 2.45) is 28.8 Å². The van der Waals surface area contributed by atoms with E-state index in [1.54, 1.807) is 19.1 Å². The highest BCUT2D eigenvalue weighted by atomic mass is 16.6. The number of aliphatic hydroxyl groups is 2. The molecule has 0 aromatic heterocycles. The lowest BCUT2D eigenvalue weighted by Crippen LogP contribution is -2.54. The molecule has 2 N–H and O–H groups in total. The molecule has 38 heavy (non-hydrogen) atoms. The molecule has 9 atom stereocenters. The lowest BCUT2D eigenvalue weighted by Gasteiger charge is -2.45. The molecule has 0 aromatic carbocycles. The number of carbonyl (C=O) groups excluding carboxylic acids is 4. The molecule has 0 aromatic rings. The number of rotatable bonds is 8. The van der Waals surface area contributed by atoms with Crippen LogP contribution < -0.4 is 0 Å². The molecular weight excluding hydrogens is 500 g/mol. The predicted molar refractivity (Wildman–Crippen MR) is 130 cm³/mol. The molecule has 2 aliphatic heterocycles. The molecule has 4 rings (SSSR count). The van der Waals surface area contributed by atoms with E-state index in [4.69, 9.17) is 19.0 Å². The van der Waals surface area contributed by atoms with Gasteiger partial charge in [-0.2, -0.15) is 0 Å². The molecule has 2 amide bonds. The lowest BCUT2D eigenvalue weighted by molar-refractivity contribution is -0.164. The Morgan fingerprint density at radius 2 is 1.84 bits per heavy atom. The molecule has 0 spiro atoms. The van der Waals surface area contributed by atoms with Crippen molar-refractivity contribution >= 4 is 29.5 Å². The molecule has 210 valence electrons. The Morgan fingerprint density at radius 3 is 2.53 bits per heavy atom. The number of aliphatic hydroxyl groups excluding tert-OH is 2. The van der Waals surface area contributed by atoms with Gasteiger partial charge < -0.3 is 29.3 Å². The molecule has 3 fully saturated rings. The zero-order chi connectivity index (χ0) is 27.6. The summed E-state index contributed by atoms with van der Waals surface area (Å²) in [6, 6.07) is 0. The number of fused-ring (bicyclic) bond motifs is 3. The molecule has 2 aliphatic carbocycles. The minimum atomic E-state index is -1.12. The summed E-state index contributed by atoms with van der Waals surface area (Å²) in [6.45, 7) is 4.69. The van der Waals surface area contributed by atoms with Crippen LogP contribution in [0.4, 0.5) is 0 Å². The fourth-order valence-corrected chi connectivity index (χ4v) is 6.16. The quantitative estimate of drug-likeness (QED) is 0.145. The third-order valence-electron chi connectivity index (χ3n) is 7.85. The Hall–Kier alpha value is -2.83. The highest BCUT2D eigenvalue weighted by molar-refractivity contribution is 6.06. The monoisotopic (exact) mass is 536 g/mol. The van der Waals surface area contributed by atoms with Crippen molar-refractivity contribution in [1.29, 1.82) is 0 Å². The number of likely N-dealkylation sites (tertiary alicyclic amines) is 1. The largest absolute Gasteiger partial charge is 0.463 e. The van der Waals surface area contributed by atoms with Gasteiger partial charge in [-0.25, -0.2) is 0 Å². The average molecular weight is 537 g/mol. The molecule has 1 saturated heterocycles. The Bertz CT molecular complexity index is 997.